The predicted octanol–water partition coefficient (Wildman–Crippen LogP) is 6.27. The number of carbonyl (C=O) groups excluding carboxylic acids is 1. The summed E-state index contributed by atoms with van der Waals surface area (Å²) >= 11 is 0. The van der Waals surface area contributed by atoms with E-state index in [1.807, 2.05) is 97.1 Å². The van der Waals surface area contributed by atoms with Crippen molar-refractivity contribution in [2.75, 3.05) is 0 Å². The molecule has 9 rings (SSSR count). The van der Waals surface area contributed by atoms with Gasteiger partial charge in [0.2, 0.25) is 0 Å². The number of nitrogens with zero attached hydrogens (tertiary/aromatic N) is 7. The van der Waals surface area contributed by atoms with Crippen molar-refractivity contribution in [2.24, 2.45) is 5.73 Å². The molecule has 3 aromatic heterocycles. The van der Waals surface area contributed by atoms with Crippen molar-refractivity contribution < 1.29 is 4.79 Å². The van der Waals surface area contributed by atoms with Crippen LogP contribution in [-0.2, 0) is 0 Å². The van der Waals surface area contributed by atoms with Gasteiger partial charge in [-0.2, -0.15) is 0 Å². The van der Waals surface area contributed by atoms with Gasteiger partial charge in [-0.05, 0) is 0 Å². The minimum Gasteiger partial charge on any atom is -0.351 e. The molecular weight excluding hydrogens is 538 g/mol. The van der Waals surface area contributed by atoms with Crippen molar-refractivity contribution in [3.63, 3.8) is 0 Å². The lowest BCUT2D eigenvalue weighted by Gasteiger charge is -2.00. The molecule has 3 N–H and O–H groups in total. The first-order valence-electron chi connectivity index (χ1n) is 13.7. The van der Waals surface area contributed by atoms with Crippen LogP contribution in [0.4, 0.5) is 4.79 Å². The fourth-order valence-corrected chi connectivity index (χ4v) is 5.90. The molecule has 202 valence electrons. The first-order chi connectivity index (χ1) is 21.1. The number of carbonyl (C=O) groups is 1. The summed E-state index contributed by atoms with van der Waals surface area (Å²) in [6.45, 7) is 0. The minimum atomic E-state index is -0.722. The van der Waals surface area contributed by atoms with Crippen molar-refractivity contribution in [3.8, 4) is 45.6 Å². The molecule has 0 spiro atoms. The largest absolute Gasteiger partial charge is 0.351 e. The number of hydrogen-bond acceptors (Lipinski definition) is 7. The summed E-state index contributed by atoms with van der Waals surface area (Å²) in [5.74, 6) is 1.81. The highest BCUT2D eigenvalue weighted by molar-refractivity contribution is 6.11. The Kier molecular flexibility index (Phi) is 4.69. The molecule has 1 amide bonds. The van der Waals surface area contributed by atoms with E-state index in [0.29, 0.717) is 56.7 Å². The van der Waals surface area contributed by atoms with Crippen molar-refractivity contribution in [1.82, 2.24) is 39.5 Å². The van der Waals surface area contributed by atoms with Crippen LogP contribution in [0.2, 0.25) is 0 Å². The molecule has 43 heavy (non-hydrogen) atoms. The zero-order valence-corrected chi connectivity index (χ0v) is 22.4. The van der Waals surface area contributed by atoms with Gasteiger partial charge in [0.25, 0.3) is 0 Å². The third kappa shape index (κ3) is 3.37. The van der Waals surface area contributed by atoms with E-state index in [1.165, 1.54) is 4.57 Å². The number of H-pyrrole nitrogens is 1. The first-order valence-corrected chi connectivity index (χ1v) is 13.7. The zero-order valence-electron chi connectivity index (χ0n) is 22.4. The normalized spacial score (nSPS) is 11.9. The number of hydrogen-bond donors (Lipinski definition) is 2. The number of aromatic nitrogens is 8. The Morgan fingerprint density at radius 1 is 0.488 bits per heavy atom. The van der Waals surface area contributed by atoms with Gasteiger partial charge in [-0.1, -0.05) is 97.1 Å². The second kappa shape index (κ2) is 8.60. The predicted molar refractivity (Wildman–Crippen MR) is 165 cm³/mol. The molecule has 0 fully saturated rings. The van der Waals surface area contributed by atoms with Crippen LogP contribution in [0, 0.1) is 0 Å². The van der Waals surface area contributed by atoms with Crippen LogP contribution in [0.15, 0.2) is 97.1 Å². The maximum atomic E-state index is 13.1. The lowest BCUT2D eigenvalue weighted by molar-refractivity contribution is 0.251. The average molecular weight is 558 g/mol. The fourth-order valence-electron chi connectivity index (χ4n) is 5.90. The highest BCUT2D eigenvalue weighted by Crippen LogP contribution is 2.37. The Morgan fingerprint density at radius 3 is 1.23 bits per heavy atom. The summed E-state index contributed by atoms with van der Waals surface area (Å²) in [5.41, 5.74) is 11.1. The number of aromatic amines is 1. The van der Waals surface area contributed by atoms with Gasteiger partial charge in [0.15, 0.2) is 34.6 Å². The molecule has 0 saturated carbocycles. The summed E-state index contributed by atoms with van der Waals surface area (Å²) in [4.78, 5) is 46.1. The van der Waals surface area contributed by atoms with Gasteiger partial charge in [0.05, 0.1) is 0 Å². The van der Waals surface area contributed by atoms with E-state index in [0.717, 1.165) is 33.0 Å². The van der Waals surface area contributed by atoms with Crippen LogP contribution in [-0.4, -0.2) is 45.5 Å². The Bertz CT molecular complexity index is 2350. The third-order valence-electron chi connectivity index (χ3n) is 7.83. The highest BCUT2D eigenvalue weighted by Gasteiger charge is 2.23. The molecule has 7 aromatic rings. The highest BCUT2D eigenvalue weighted by atomic mass is 16.2. The van der Waals surface area contributed by atoms with E-state index in [4.69, 9.17) is 35.6 Å². The third-order valence-corrected chi connectivity index (χ3v) is 7.83. The molecule has 4 aromatic carbocycles. The molecule has 10 heteroatoms. The zero-order chi connectivity index (χ0) is 28.7. The molecule has 0 unspecified atom stereocenters. The molecule has 0 radical (unpaired) electrons. The summed E-state index contributed by atoms with van der Waals surface area (Å²) < 4.78 is 1.32. The molecule has 0 aliphatic carbocycles. The SMILES string of the molecule is NC(=O)n1c2nc3nc(nc4[nH]c(nc5nc(nc1c1ccccc12)-c1ccccc1-5)c1ccccc41)-c1ccccc1-3. The average Bonchev–Trinajstić information content (AvgIpc) is 3.75. The molecule has 5 heterocycles. The van der Waals surface area contributed by atoms with E-state index < -0.39 is 6.03 Å². The molecule has 2 aliphatic heterocycles. The van der Waals surface area contributed by atoms with Crippen molar-refractivity contribution in [1.29, 1.82) is 0 Å². The Balaban J connectivity index is 1.56. The smallest absolute Gasteiger partial charge is 0.326 e. The van der Waals surface area contributed by atoms with Crippen LogP contribution in [0.25, 0.3) is 89.7 Å². The van der Waals surface area contributed by atoms with Crippen LogP contribution in [0.3, 0.4) is 0 Å². The first kappa shape index (κ1) is 23.4. The molecule has 10 nitrogen and oxygen atoms in total. The summed E-state index contributed by atoms with van der Waals surface area (Å²) in [5, 5.41) is 3.20. The standard InChI is InChI=1S/C33H19N9O/c34-33(43)42-31-23-15-7-8-16-24(23)32(42)41-30-22-14-6-4-12-20(22)28(39-30)37-26-18-10-2-1-9-17(18)25(35-26)36-27-19-11-3-5-13-21(19)29(38-27)40-31/h1-16H,(H2,34,43)(H,35,36,37,38,39,40,41). The van der Waals surface area contributed by atoms with Crippen molar-refractivity contribution >= 4 is 50.2 Å². The van der Waals surface area contributed by atoms with Crippen molar-refractivity contribution in [2.45, 2.75) is 0 Å². The Morgan fingerprint density at radius 2 is 0.837 bits per heavy atom. The van der Waals surface area contributed by atoms with Gasteiger partial charge >= 0.3 is 6.03 Å². The van der Waals surface area contributed by atoms with Gasteiger partial charge in [-0.25, -0.2) is 39.3 Å². The number of nitrogens with two attached hydrogens (primary N) is 1. The van der Waals surface area contributed by atoms with Gasteiger partial charge in [-0.15, -0.1) is 0 Å². The number of amides is 1. The number of rotatable bonds is 0. The van der Waals surface area contributed by atoms with Gasteiger partial charge in [-0.3, -0.25) is 0 Å². The van der Waals surface area contributed by atoms with E-state index in [2.05, 4.69) is 4.98 Å². The number of primary amides is 1. The maximum absolute atomic E-state index is 13.1. The van der Waals surface area contributed by atoms with Gasteiger partial charge in [0.1, 0.15) is 11.3 Å². The lowest BCUT2D eigenvalue weighted by atomic mass is 10.1. The number of benzene rings is 4. The van der Waals surface area contributed by atoms with Crippen LogP contribution in [0.1, 0.15) is 0 Å². The molecular formula is C33H19N9O. The quantitative estimate of drug-likeness (QED) is 0.224. The summed E-state index contributed by atoms with van der Waals surface area (Å²) in [6, 6.07) is 30.3. The van der Waals surface area contributed by atoms with Crippen molar-refractivity contribution in [3.05, 3.63) is 97.1 Å². The van der Waals surface area contributed by atoms with Crippen LogP contribution >= 0.6 is 0 Å². The second-order valence-electron chi connectivity index (χ2n) is 10.3. The van der Waals surface area contributed by atoms with E-state index in [9.17, 15) is 4.79 Å². The monoisotopic (exact) mass is 557 g/mol. The van der Waals surface area contributed by atoms with E-state index >= 15 is 0 Å². The van der Waals surface area contributed by atoms with Gasteiger partial charge < -0.3 is 10.7 Å². The molecule has 0 atom stereocenters. The summed E-state index contributed by atoms with van der Waals surface area (Å²) in [6.07, 6.45) is 0. The van der Waals surface area contributed by atoms with Crippen LogP contribution < -0.4 is 5.73 Å². The second-order valence-corrected chi connectivity index (χ2v) is 10.3. The van der Waals surface area contributed by atoms with Gasteiger partial charge in [0, 0.05) is 43.8 Å². The molecule has 0 saturated heterocycles. The van der Waals surface area contributed by atoms with Crippen LogP contribution in [0.5, 0.6) is 0 Å². The lowest BCUT2D eigenvalue weighted by Crippen LogP contribution is -2.20. The molecule has 2 aliphatic rings. The van der Waals surface area contributed by atoms with E-state index in [1.54, 1.807) is 0 Å². The minimum absolute atomic E-state index is 0.331. The number of fused-ring (bicyclic) bond motifs is 20. The Labute approximate surface area is 242 Å². The van der Waals surface area contributed by atoms with E-state index in [-0.39, 0.29) is 0 Å². The number of nitrogens with one attached hydrogen (secondary N) is 1. The maximum Gasteiger partial charge on any atom is 0.326 e. The Hall–Kier alpha value is -6.29. The molecule has 8 bridgehead atoms. The summed E-state index contributed by atoms with van der Waals surface area (Å²) in [7, 11) is 0. The topological polar surface area (TPSA) is 141 Å². The fraction of sp³-hybridized carbons (Fsp3) is 0.